The Morgan fingerprint density at radius 3 is 2.11 bits per heavy atom. The maximum atomic E-state index is 11.8. The molecule has 1 fully saturated rings. The van der Waals surface area contributed by atoms with E-state index in [1.165, 1.54) is 34.7 Å². The number of aliphatic hydroxyl groups is 4. The van der Waals surface area contributed by atoms with E-state index in [1.54, 1.807) is 0 Å². The molecule has 1 aromatic carbocycles. The van der Waals surface area contributed by atoms with Crippen molar-refractivity contribution in [1.82, 2.24) is 0 Å². The van der Waals surface area contributed by atoms with Gasteiger partial charge in [-0.25, -0.2) is 0 Å². The second-order valence-corrected chi connectivity index (χ2v) is 13.2. The summed E-state index contributed by atoms with van der Waals surface area (Å²) in [5.41, 5.74) is 0.967. The van der Waals surface area contributed by atoms with E-state index in [2.05, 4.69) is 5.16 Å². The molecule has 15 heteroatoms. The third-order valence-corrected chi connectivity index (χ3v) is 9.47. The fraction of sp³-hybridized carbons (Fsp3) is 0.696. The van der Waals surface area contributed by atoms with Gasteiger partial charge in [0.05, 0.1) is 36.9 Å². The monoisotopic (exact) mass is 585 g/mol. The summed E-state index contributed by atoms with van der Waals surface area (Å²) in [7, 11) is -0.921. The number of oxime groups is 1. The predicted octanol–water partition coefficient (Wildman–Crippen LogP) is 2.51. The molecule has 2 rings (SSSR count). The van der Waals surface area contributed by atoms with Gasteiger partial charge in [0.25, 0.3) is 0 Å². The second kappa shape index (κ2) is 18.2. The van der Waals surface area contributed by atoms with Crippen LogP contribution in [0.4, 0.5) is 0 Å². The van der Waals surface area contributed by atoms with Gasteiger partial charge in [-0.2, -0.15) is 0 Å². The highest BCUT2D eigenvalue weighted by Crippen LogP contribution is 2.48. The summed E-state index contributed by atoms with van der Waals surface area (Å²) in [5.74, 6) is 0. The maximum absolute atomic E-state index is 11.8. The van der Waals surface area contributed by atoms with E-state index in [-0.39, 0.29) is 31.3 Å². The summed E-state index contributed by atoms with van der Waals surface area (Å²) in [6, 6.07) is 9.50. The van der Waals surface area contributed by atoms with Crippen LogP contribution in [-0.2, 0) is 43.4 Å². The number of aliphatic hydroxyl groups excluding tert-OH is 4. The van der Waals surface area contributed by atoms with Gasteiger partial charge in [0.2, 0.25) is 0 Å². The molecular weight excluding hydrogens is 544 g/mol. The van der Waals surface area contributed by atoms with Crippen molar-refractivity contribution in [2.75, 3.05) is 40.8 Å². The molecule has 5 atom stereocenters. The Balaban J connectivity index is 0.000000415. The van der Waals surface area contributed by atoms with Crippen LogP contribution in [0.2, 0.25) is 0 Å². The standard InChI is InChI=1S/C15H24NO6P.C8H17O6P/c1-20-23(19,21-2)9-8-14(17)10-15(18)11-16-22-12-13-6-4-3-5-7-13;1-12-15(11,13-2)4-3-6-5-7(9)8(10)14-6/h3-7,11,14-15,17-18H,8-10,12H2,1-2H3;6-10H,3-5H2,1-2H3/b16-11+;/t14-,15-;6-,7-,8?/m11/s1. The topological polar surface area (TPSA) is 183 Å². The van der Waals surface area contributed by atoms with E-state index in [0.717, 1.165) is 5.56 Å². The average Bonchev–Trinajstić information content (AvgIpc) is 3.26. The number of hydrogen-bond acceptors (Lipinski definition) is 13. The fourth-order valence-corrected chi connectivity index (χ4v) is 5.54. The molecule has 0 amide bonds. The average molecular weight is 586 g/mol. The smallest absolute Gasteiger partial charge is 0.330 e. The second-order valence-electron chi connectivity index (χ2n) is 8.40. The largest absolute Gasteiger partial charge is 0.393 e. The van der Waals surface area contributed by atoms with Crippen molar-refractivity contribution in [2.45, 2.75) is 63.0 Å². The zero-order chi connectivity index (χ0) is 28.6. The third kappa shape index (κ3) is 13.7. The molecule has 13 nitrogen and oxygen atoms in total. The molecule has 1 heterocycles. The van der Waals surface area contributed by atoms with Crippen molar-refractivity contribution >= 4 is 21.4 Å². The van der Waals surface area contributed by atoms with Crippen LogP contribution >= 0.6 is 15.2 Å². The summed E-state index contributed by atoms with van der Waals surface area (Å²) in [5, 5.41) is 41.5. The zero-order valence-electron chi connectivity index (χ0n) is 22.2. The molecule has 0 radical (unpaired) electrons. The number of nitrogens with zero attached hydrogens (tertiary/aromatic N) is 1. The highest BCUT2D eigenvalue weighted by atomic mass is 31.2. The maximum Gasteiger partial charge on any atom is 0.330 e. The Morgan fingerprint density at radius 2 is 1.58 bits per heavy atom. The van der Waals surface area contributed by atoms with Crippen molar-refractivity contribution in [3.63, 3.8) is 0 Å². The van der Waals surface area contributed by atoms with Crippen LogP contribution in [0.25, 0.3) is 0 Å². The molecule has 0 spiro atoms. The molecule has 0 aliphatic carbocycles. The Labute approximate surface area is 223 Å². The number of hydrogen-bond donors (Lipinski definition) is 4. The SMILES string of the molecule is COP(=O)(CC[C@@H](O)C[C@@H](O)/C=N/OCc1ccccc1)OC.COP(=O)(CC[C@@H]1C[C@@H](O)C(O)O1)OC. The van der Waals surface area contributed by atoms with Gasteiger partial charge in [-0.3, -0.25) is 9.13 Å². The molecule has 1 unspecified atom stereocenters. The number of rotatable bonds is 16. The first-order chi connectivity index (χ1) is 18.0. The molecule has 0 bridgehead atoms. The zero-order valence-corrected chi connectivity index (χ0v) is 24.0. The molecule has 220 valence electrons. The van der Waals surface area contributed by atoms with E-state index in [1.807, 2.05) is 30.3 Å². The molecular formula is C23H41NO12P2. The van der Waals surface area contributed by atoms with Gasteiger partial charge in [-0.15, -0.1) is 0 Å². The van der Waals surface area contributed by atoms with Crippen molar-refractivity contribution < 1.29 is 57.2 Å². The Hall–Kier alpha value is -1.21. The normalized spacial score (nSPS) is 21.6. The predicted molar refractivity (Wildman–Crippen MR) is 140 cm³/mol. The molecule has 1 aliphatic heterocycles. The first-order valence-electron chi connectivity index (χ1n) is 12.0. The highest BCUT2D eigenvalue weighted by molar-refractivity contribution is 7.54. The summed E-state index contributed by atoms with van der Waals surface area (Å²) in [6.07, 6.45) is -1.57. The van der Waals surface area contributed by atoms with Gasteiger partial charge < -0.3 is 48.1 Å². The molecule has 1 aromatic rings. The minimum atomic E-state index is -3.14. The molecule has 0 saturated carbocycles. The van der Waals surface area contributed by atoms with Gasteiger partial charge >= 0.3 is 15.2 Å². The minimum absolute atomic E-state index is 0.0611. The van der Waals surface area contributed by atoms with E-state index in [9.17, 15) is 24.4 Å². The van der Waals surface area contributed by atoms with E-state index < -0.39 is 39.8 Å². The van der Waals surface area contributed by atoms with E-state index in [4.69, 9.17) is 32.8 Å². The van der Waals surface area contributed by atoms with Gasteiger partial charge in [0, 0.05) is 41.3 Å². The lowest BCUT2D eigenvalue weighted by Gasteiger charge is -2.16. The van der Waals surface area contributed by atoms with Crippen LogP contribution in [0.5, 0.6) is 0 Å². The van der Waals surface area contributed by atoms with Crippen LogP contribution in [0.15, 0.2) is 35.5 Å². The summed E-state index contributed by atoms with van der Waals surface area (Å²) < 4.78 is 47.6. The van der Waals surface area contributed by atoms with Crippen molar-refractivity contribution in [2.24, 2.45) is 5.16 Å². The molecule has 1 saturated heterocycles. The third-order valence-electron chi connectivity index (χ3n) is 5.63. The first-order valence-corrected chi connectivity index (χ1v) is 15.4. The van der Waals surface area contributed by atoms with Gasteiger partial charge in [-0.1, -0.05) is 35.5 Å². The summed E-state index contributed by atoms with van der Waals surface area (Å²) >= 11 is 0. The van der Waals surface area contributed by atoms with Crippen LogP contribution in [0.3, 0.4) is 0 Å². The van der Waals surface area contributed by atoms with Gasteiger partial charge in [0.1, 0.15) is 12.7 Å². The fourth-order valence-electron chi connectivity index (χ4n) is 3.30. The molecule has 38 heavy (non-hydrogen) atoms. The summed E-state index contributed by atoms with van der Waals surface area (Å²) in [6.45, 7) is 0.303. The number of benzene rings is 1. The Bertz CT molecular complexity index is 864. The van der Waals surface area contributed by atoms with Crippen molar-refractivity contribution in [3.8, 4) is 0 Å². The van der Waals surface area contributed by atoms with Crippen LogP contribution in [0, 0.1) is 0 Å². The quantitative estimate of drug-likeness (QED) is 0.127. The Morgan fingerprint density at radius 1 is 1.00 bits per heavy atom. The van der Waals surface area contributed by atoms with Gasteiger partial charge in [-0.05, 0) is 18.4 Å². The van der Waals surface area contributed by atoms with E-state index in [0.29, 0.717) is 19.4 Å². The molecule has 4 N–H and O–H groups in total. The summed E-state index contributed by atoms with van der Waals surface area (Å²) in [4.78, 5) is 5.06. The van der Waals surface area contributed by atoms with Gasteiger partial charge in [0.15, 0.2) is 6.29 Å². The molecule has 0 aromatic heterocycles. The van der Waals surface area contributed by atoms with Crippen LogP contribution in [-0.4, -0.2) is 98.1 Å². The van der Waals surface area contributed by atoms with E-state index >= 15 is 0 Å². The van der Waals surface area contributed by atoms with Crippen molar-refractivity contribution in [1.29, 1.82) is 0 Å². The van der Waals surface area contributed by atoms with Crippen molar-refractivity contribution in [3.05, 3.63) is 35.9 Å². The highest BCUT2D eigenvalue weighted by Gasteiger charge is 2.34. The lowest BCUT2D eigenvalue weighted by molar-refractivity contribution is -0.127. The van der Waals surface area contributed by atoms with Crippen LogP contribution in [0.1, 0.15) is 31.2 Å². The Kier molecular flexibility index (Phi) is 16.7. The number of ether oxygens (including phenoxy) is 1. The molecule has 1 aliphatic rings. The lowest BCUT2D eigenvalue weighted by atomic mass is 10.1. The first kappa shape index (κ1) is 34.8. The lowest BCUT2D eigenvalue weighted by Crippen LogP contribution is -2.20. The minimum Gasteiger partial charge on any atom is -0.393 e. The van der Waals surface area contributed by atoms with Crippen LogP contribution < -0.4 is 0 Å².